The predicted octanol–water partition coefficient (Wildman–Crippen LogP) is 2.48. The van der Waals surface area contributed by atoms with E-state index < -0.39 is 41.9 Å². The predicted molar refractivity (Wildman–Crippen MR) is 54.0 cm³/mol. The van der Waals surface area contributed by atoms with Crippen molar-refractivity contribution in [1.29, 1.82) is 0 Å². The van der Waals surface area contributed by atoms with Gasteiger partial charge in [0, 0.05) is 0 Å². The highest BCUT2D eigenvalue weighted by molar-refractivity contribution is 5.86. The van der Waals surface area contributed by atoms with Crippen molar-refractivity contribution >= 4 is 17.7 Å². The number of carbonyl (C=O) groups is 2. The number of amides is 1. The number of hydrogen-bond donors (Lipinski definition) is 2. The van der Waals surface area contributed by atoms with Crippen molar-refractivity contribution in [3.8, 4) is 0 Å². The molecule has 9 heteroatoms. The summed E-state index contributed by atoms with van der Waals surface area (Å²) in [6, 6.07) is 1.40. The Bertz CT molecular complexity index is 501. The fourth-order valence-corrected chi connectivity index (χ4v) is 1.07. The van der Waals surface area contributed by atoms with Gasteiger partial charge in [0.2, 0.25) is 0 Å². The molecule has 0 radical (unpaired) electrons. The number of nitrogens with one attached hydrogen (secondary N) is 1. The van der Waals surface area contributed by atoms with Gasteiger partial charge in [-0.1, -0.05) is 0 Å². The van der Waals surface area contributed by atoms with E-state index in [0.717, 1.165) is 0 Å². The molecule has 0 aliphatic heterocycles. The summed E-state index contributed by atoms with van der Waals surface area (Å²) < 4.78 is 54.3. The maximum absolute atomic E-state index is 13.2. The topological polar surface area (TPSA) is 75.6 Å². The Labute approximate surface area is 103 Å². The highest BCUT2D eigenvalue weighted by atomic mass is 19.4. The Morgan fingerprint density at radius 2 is 1.95 bits per heavy atom. The highest BCUT2D eigenvalue weighted by Gasteiger charge is 2.31. The molecule has 5 nitrogen and oxygen atoms in total. The van der Waals surface area contributed by atoms with Gasteiger partial charge in [0.15, 0.2) is 6.61 Å². The molecule has 0 spiro atoms. The van der Waals surface area contributed by atoms with Crippen LogP contribution in [0.4, 0.5) is 28.0 Å². The van der Waals surface area contributed by atoms with Gasteiger partial charge < -0.3 is 9.84 Å². The summed E-state index contributed by atoms with van der Waals surface area (Å²) in [7, 11) is 0. The molecule has 0 saturated carbocycles. The average molecular weight is 281 g/mol. The number of carboxylic acid groups (broad SMARTS) is 1. The van der Waals surface area contributed by atoms with Crippen LogP contribution < -0.4 is 5.32 Å². The molecule has 0 bridgehead atoms. The molecule has 0 aliphatic rings. The SMILES string of the molecule is O=C(O)COC(=O)Nc1cc(C(F)(F)F)ccc1F. The number of carboxylic acids is 1. The lowest BCUT2D eigenvalue weighted by Crippen LogP contribution is -2.19. The van der Waals surface area contributed by atoms with Crippen LogP contribution >= 0.6 is 0 Å². The highest BCUT2D eigenvalue weighted by Crippen LogP contribution is 2.31. The molecule has 1 aromatic carbocycles. The molecule has 0 fully saturated rings. The molecule has 1 rings (SSSR count). The molecule has 1 aromatic rings. The minimum atomic E-state index is -4.70. The lowest BCUT2D eigenvalue weighted by atomic mass is 10.2. The zero-order valence-electron chi connectivity index (χ0n) is 9.12. The quantitative estimate of drug-likeness (QED) is 0.834. The molecule has 19 heavy (non-hydrogen) atoms. The molecular formula is C10H7F4NO4. The van der Waals surface area contributed by atoms with Crippen LogP contribution in [0.2, 0.25) is 0 Å². The maximum Gasteiger partial charge on any atom is 0.416 e. The molecule has 0 unspecified atom stereocenters. The van der Waals surface area contributed by atoms with E-state index in [1.165, 1.54) is 0 Å². The first kappa shape index (κ1) is 14.7. The van der Waals surface area contributed by atoms with Crippen molar-refractivity contribution in [3.63, 3.8) is 0 Å². The number of alkyl halides is 3. The Hall–Kier alpha value is -2.32. The van der Waals surface area contributed by atoms with Gasteiger partial charge in [-0.15, -0.1) is 0 Å². The lowest BCUT2D eigenvalue weighted by molar-refractivity contribution is -0.140. The molecule has 2 N–H and O–H groups in total. The zero-order chi connectivity index (χ0) is 14.6. The van der Waals surface area contributed by atoms with Crippen LogP contribution in [0, 0.1) is 5.82 Å². The third kappa shape index (κ3) is 4.45. The number of carbonyl (C=O) groups excluding carboxylic acids is 1. The van der Waals surface area contributed by atoms with E-state index in [4.69, 9.17) is 5.11 Å². The Morgan fingerprint density at radius 1 is 1.32 bits per heavy atom. The third-order valence-corrected chi connectivity index (χ3v) is 1.86. The van der Waals surface area contributed by atoms with E-state index in [0.29, 0.717) is 18.2 Å². The number of rotatable bonds is 3. The minimum Gasteiger partial charge on any atom is -0.479 e. The molecule has 0 saturated heterocycles. The lowest BCUT2D eigenvalue weighted by Gasteiger charge is -2.10. The van der Waals surface area contributed by atoms with E-state index in [9.17, 15) is 27.2 Å². The van der Waals surface area contributed by atoms with Crippen molar-refractivity contribution in [3.05, 3.63) is 29.6 Å². The van der Waals surface area contributed by atoms with Gasteiger partial charge in [-0.05, 0) is 18.2 Å². The number of anilines is 1. The van der Waals surface area contributed by atoms with Crippen LogP contribution in [0.5, 0.6) is 0 Å². The first-order valence-electron chi connectivity index (χ1n) is 4.72. The van der Waals surface area contributed by atoms with Crippen molar-refractivity contribution in [1.82, 2.24) is 0 Å². The van der Waals surface area contributed by atoms with Crippen LogP contribution in [-0.4, -0.2) is 23.8 Å². The molecular weight excluding hydrogens is 274 g/mol. The summed E-state index contributed by atoms with van der Waals surface area (Å²) in [6.07, 6.45) is -6.07. The normalized spacial score (nSPS) is 10.9. The second kappa shape index (κ2) is 5.55. The van der Waals surface area contributed by atoms with E-state index in [-0.39, 0.29) is 0 Å². The second-order valence-corrected chi connectivity index (χ2v) is 3.29. The van der Waals surface area contributed by atoms with Crippen molar-refractivity contribution in [2.75, 3.05) is 11.9 Å². The summed E-state index contributed by atoms with van der Waals surface area (Å²) in [6.45, 7) is -0.994. The van der Waals surface area contributed by atoms with E-state index in [2.05, 4.69) is 4.74 Å². The minimum absolute atomic E-state index is 0.372. The van der Waals surface area contributed by atoms with Crippen LogP contribution in [0.15, 0.2) is 18.2 Å². The van der Waals surface area contributed by atoms with Crippen LogP contribution in [-0.2, 0) is 15.7 Å². The number of hydrogen-bond acceptors (Lipinski definition) is 3. The van der Waals surface area contributed by atoms with E-state index >= 15 is 0 Å². The van der Waals surface area contributed by atoms with Crippen LogP contribution in [0.25, 0.3) is 0 Å². The summed E-state index contributed by atoms with van der Waals surface area (Å²) in [5.41, 5.74) is -1.92. The Kier molecular flexibility index (Phi) is 4.30. The van der Waals surface area contributed by atoms with Gasteiger partial charge in [0.1, 0.15) is 5.82 Å². The Morgan fingerprint density at radius 3 is 2.47 bits per heavy atom. The first-order valence-corrected chi connectivity index (χ1v) is 4.72. The number of ether oxygens (including phenoxy) is 1. The monoisotopic (exact) mass is 281 g/mol. The molecule has 0 heterocycles. The zero-order valence-corrected chi connectivity index (χ0v) is 9.12. The summed E-state index contributed by atoms with van der Waals surface area (Å²) in [5.74, 6) is -2.57. The van der Waals surface area contributed by atoms with E-state index in [1.807, 2.05) is 0 Å². The van der Waals surface area contributed by atoms with Crippen molar-refractivity contribution in [2.45, 2.75) is 6.18 Å². The maximum atomic E-state index is 13.2. The summed E-state index contributed by atoms with van der Waals surface area (Å²) in [4.78, 5) is 21.1. The van der Waals surface area contributed by atoms with Crippen molar-refractivity contribution in [2.24, 2.45) is 0 Å². The van der Waals surface area contributed by atoms with Gasteiger partial charge in [-0.2, -0.15) is 13.2 Å². The summed E-state index contributed by atoms with van der Waals surface area (Å²) >= 11 is 0. The third-order valence-electron chi connectivity index (χ3n) is 1.86. The molecule has 0 aromatic heterocycles. The molecule has 0 atom stereocenters. The fraction of sp³-hybridized carbons (Fsp3) is 0.200. The number of benzene rings is 1. The summed E-state index contributed by atoms with van der Waals surface area (Å²) in [5, 5.41) is 9.88. The van der Waals surface area contributed by atoms with Gasteiger partial charge in [-0.25, -0.2) is 14.0 Å². The first-order chi connectivity index (χ1) is 8.70. The van der Waals surface area contributed by atoms with Gasteiger partial charge in [0.05, 0.1) is 11.3 Å². The van der Waals surface area contributed by atoms with Gasteiger partial charge in [-0.3, -0.25) is 5.32 Å². The van der Waals surface area contributed by atoms with Gasteiger partial charge in [0.25, 0.3) is 0 Å². The number of aliphatic carboxylic acids is 1. The van der Waals surface area contributed by atoms with Crippen LogP contribution in [0.3, 0.4) is 0 Å². The van der Waals surface area contributed by atoms with Crippen LogP contribution in [0.1, 0.15) is 5.56 Å². The van der Waals surface area contributed by atoms with E-state index in [1.54, 1.807) is 5.32 Å². The fourth-order valence-electron chi connectivity index (χ4n) is 1.07. The smallest absolute Gasteiger partial charge is 0.416 e. The largest absolute Gasteiger partial charge is 0.479 e. The molecule has 0 aliphatic carbocycles. The Balaban J connectivity index is 2.83. The van der Waals surface area contributed by atoms with Crippen molar-refractivity contribution < 1.29 is 37.0 Å². The second-order valence-electron chi connectivity index (χ2n) is 3.29. The number of halogens is 4. The van der Waals surface area contributed by atoms with Gasteiger partial charge >= 0.3 is 18.2 Å². The molecule has 1 amide bonds. The average Bonchev–Trinajstić information content (AvgIpc) is 2.28. The molecule has 104 valence electrons. The standard InChI is InChI=1S/C10H7F4NO4/c11-6-2-1-5(10(12,13)14)3-7(6)15-9(18)19-4-8(16)17/h1-3H,4H2,(H,15,18)(H,16,17).